The third-order valence-electron chi connectivity index (χ3n) is 6.00. The first-order valence-electron chi connectivity index (χ1n) is 10.2. The van der Waals surface area contributed by atoms with Crippen molar-refractivity contribution in [2.75, 3.05) is 11.9 Å². The topological polar surface area (TPSA) is 121 Å². The summed E-state index contributed by atoms with van der Waals surface area (Å²) in [4.78, 5) is 2.21. The number of nitrogens with one attached hydrogen (secondary N) is 1. The number of benzene rings is 1. The van der Waals surface area contributed by atoms with Crippen LogP contribution in [0.15, 0.2) is 35.7 Å². The number of sulfonamides is 1. The Balaban J connectivity index is 1.49. The van der Waals surface area contributed by atoms with Gasteiger partial charge in [-0.15, -0.1) is 10.2 Å². The van der Waals surface area contributed by atoms with Crippen LogP contribution in [-0.2, 0) is 10.0 Å². The third kappa shape index (κ3) is 4.80. The molecule has 160 valence electrons. The molecule has 0 aliphatic carbocycles. The minimum absolute atomic E-state index is 0.00634. The van der Waals surface area contributed by atoms with Crippen LogP contribution in [0.2, 0.25) is 0 Å². The van der Waals surface area contributed by atoms with Crippen molar-refractivity contribution in [2.24, 2.45) is 5.14 Å². The van der Waals surface area contributed by atoms with Crippen LogP contribution in [0, 0.1) is 0 Å². The van der Waals surface area contributed by atoms with Crippen LogP contribution in [0.25, 0.3) is 17.3 Å². The molecule has 2 aromatic rings. The number of hydrogen-bond donors (Lipinski definition) is 3. The zero-order chi connectivity index (χ0) is 21.3. The zero-order valence-electron chi connectivity index (χ0n) is 16.9. The molecule has 1 aromatic heterocycles. The second-order valence-corrected chi connectivity index (χ2v) is 9.62. The molecule has 2 aliphatic heterocycles. The van der Waals surface area contributed by atoms with Crippen LogP contribution in [0.5, 0.6) is 5.75 Å². The van der Waals surface area contributed by atoms with E-state index in [9.17, 15) is 13.5 Å². The van der Waals surface area contributed by atoms with Gasteiger partial charge in [-0.2, -0.15) is 0 Å². The number of anilines is 1. The summed E-state index contributed by atoms with van der Waals surface area (Å²) in [6, 6.07) is 10.2. The average Bonchev–Trinajstić information content (AvgIpc) is 2.71. The van der Waals surface area contributed by atoms with Crippen molar-refractivity contribution in [1.82, 2.24) is 15.5 Å². The zero-order valence-corrected chi connectivity index (χ0v) is 17.7. The standard InChI is InChI=1S/C21H27N5O3S/c1-26(17-12-15-3-2-4-16(13-17)23-15)21-8-7-19(24-25-21)18-6-5-14(11-20(18)27)9-10-30(22,28)29/h5-11,15-17,23,27H,2-4,12-13H2,1H3,(H2,22,28,29)/b10-9+. The van der Waals surface area contributed by atoms with Gasteiger partial charge in [-0.3, -0.25) is 0 Å². The largest absolute Gasteiger partial charge is 0.507 e. The molecule has 4 rings (SSSR count). The summed E-state index contributed by atoms with van der Waals surface area (Å²) in [5.41, 5.74) is 1.60. The van der Waals surface area contributed by atoms with Crippen molar-refractivity contribution in [2.45, 2.75) is 50.2 Å². The first-order chi connectivity index (χ1) is 14.3. The number of nitrogens with two attached hydrogens (primary N) is 1. The molecule has 9 heteroatoms. The molecule has 1 aromatic carbocycles. The predicted molar refractivity (Wildman–Crippen MR) is 117 cm³/mol. The smallest absolute Gasteiger partial charge is 0.231 e. The molecule has 2 atom stereocenters. The van der Waals surface area contributed by atoms with Crippen molar-refractivity contribution >= 4 is 21.9 Å². The lowest BCUT2D eigenvalue weighted by Crippen LogP contribution is -2.54. The van der Waals surface area contributed by atoms with Gasteiger partial charge in [0.05, 0.1) is 5.69 Å². The summed E-state index contributed by atoms with van der Waals surface area (Å²) in [7, 11) is -1.65. The molecule has 4 N–H and O–H groups in total. The lowest BCUT2D eigenvalue weighted by atomic mass is 9.83. The predicted octanol–water partition coefficient (Wildman–Crippen LogP) is 2.22. The maximum atomic E-state index is 11.0. The molecule has 2 fully saturated rings. The van der Waals surface area contributed by atoms with Gasteiger partial charge in [0.15, 0.2) is 5.82 Å². The van der Waals surface area contributed by atoms with Crippen LogP contribution in [0.3, 0.4) is 0 Å². The van der Waals surface area contributed by atoms with Crippen molar-refractivity contribution in [3.05, 3.63) is 41.3 Å². The summed E-state index contributed by atoms with van der Waals surface area (Å²) in [5, 5.41) is 28.6. The third-order valence-corrected chi connectivity index (χ3v) is 6.51. The Morgan fingerprint density at radius 2 is 1.90 bits per heavy atom. The lowest BCUT2D eigenvalue weighted by molar-refractivity contribution is 0.219. The van der Waals surface area contributed by atoms with Gasteiger partial charge in [0, 0.05) is 36.1 Å². The minimum Gasteiger partial charge on any atom is -0.507 e. The maximum Gasteiger partial charge on any atom is 0.231 e. The summed E-state index contributed by atoms with van der Waals surface area (Å²) in [5.74, 6) is 0.809. The molecule has 30 heavy (non-hydrogen) atoms. The second-order valence-electron chi connectivity index (χ2n) is 8.17. The molecule has 2 unspecified atom stereocenters. The summed E-state index contributed by atoms with van der Waals surface area (Å²) >= 11 is 0. The number of nitrogens with zero attached hydrogens (tertiary/aromatic N) is 3. The van der Waals surface area contributed by atoms with Crippen LogP contribution >= 0.6 is 0 Å². The molecular formula is C21H27N5O3S. The normalized spacial score (nSPS) is 24.1. The Hall–Kier alpha value is -2.49. The fraction of sp³-hybridized carbons (Fsp3) is 0.429. The van der Waals surface area contributed by atoms with Crippen LogP contribution in [0.4, 0.5) is 5.82 Å². The monoisotopic (exact) mass is 429 g/mol. The molecule has 0 saturated carbocycles. The van der Waals surface area contributed by atoms with Gasteiger partial charge in [0.1, 0.15) is 5.75 Å². The van der Waals surface area contributed by atoms with E-state index in [1.54, 1.807) is 12.1 Å². The van der Waals surface area contributed by atoms with Crippen LogP contribution in [0.1, 0.15) is 37.7 Å². The van der Waals surface area contributed by atoms with E-state index < -0.39 is 10.0 Å². The van der Waals surface area contributed by atoms with Gasteiger partial charge in [-0.05, 0) is 61.6 Å². The highest BCUT2D eigenvalue weighted by Gasteiger charge is 2.33. The maximum absolute atomic E-state index is 11.0. The Morgan fingerprint density at radius 1 is 1.17 bits per heavy atom. The van der Waals surface area contributed by atoms with Gasteiger partial charge < -0.3 is 15.3 Å². The van der Waals surface area contributed by atoms with E-state index in [0.29, 0.717) is 34.9 Å². The fourth-order valence-corrected chi connectivity index (χ4v) is 4.78. The van der Waals surface area contributed by atoms with Crippen molar-refractivity contribution in [3.8, 4) is 17.0 Å². The Bertz CT molecular complexity index is 1030. The van der Waals surface area contributed by atoms with E-state index in [2.05, 4.69) is 27.5 Å². The van der Waals surface area contributed by atoms with Crippen molar-refractivity contribution in [3.63, 3.8) is 0 Å². The Labute approximate surface area is 176 Å². The molecular weight excluding hydrogens is 402 g/mol. The molecule has 0 amide bonds. The van der Waals surface area contributed by atoms with Gasteiger partial charge >= 0.3 is 0 Å². The molecule has 2 bridgehead atoms. The Kier molecular flexibility index (Phi) is 5.77. The summed E-state index contributed by atoms with van der Waals surface area (Å²) < 4.78 is 22.1. The van der Waals surface area contributed by atoms with Gasteiger partial charge in [0.25, 0.3) is 0 Å². The quantitative estimate of drug-likeness (QED) is 0.666. The number of aromatic nitrogens is 2. The van der Waals surface area contributed by atoms with Crippen molar-refractivity contribution in [1.29, 1.82) is 0 Å². The fourth-order valence-electron chi connectivity index (χ4n) is 4.44. The molecule has 0 spiro atoms. The first-order valence-corrected chi connectivity index (χ1v) is 11.8. The number of fused-ring (bicyclic) bond motifs is 2. The number of rotatable bonds is 5. The van der Waals surface area contributed by atoms with Gasteiger partial charge in [-0.25, -0.2) is 13.6 Å². The van der Waals surface area contributed by atoms with E-state index in [1.807, 2.05) is 12.1 Å². The van der Waals surface area contributed by atoms with E-state index in [1.165, 1.54) is 31.4 Å². The minimum atomic E-state index is -3.72. The number of aromatic hydroxyl groups is 1. The number of primary sulfonamides is 1. The number of phenols is 1. The molecule has 2 aliphatic rings. The average molecular weight is 430 g/mol. The molecule has 8 nitrogen and oxygen atoms in total. The lowest BCUT2D eigenvalue weighted by Gasteiger charge is -2.43. The number of phenolic OH excluding ortho intramolecular Hbond substituents is 1. The Morgan fingerprint density at radius 3 is 2.50 bits per heavy atom. The van der Waals surface area contributed by atoms with E-state index in [-0.39, 0.29) is 5.75 Å². The number of hydrogen-bond acceptors (Lipinski definition) is 7. The van der Waals surface area contributed by atoms with Gasteiger partial charge in [-0.1, -0.05) is 12.5 Å². The highest BCUT2D eigenvalue weighted by Crippen LogP contribution is 2.32. The van der Waals surface area contributed by atoms with Crippen LogP contribution < -0.4 is 15.4 Å². The summed E-state index contributed by atoms with van der Waals surface area (Å²) in [6.07, 6.45) is 7.36. The van der Waals surface area contributed by atoms with Gasteiger partial charge in [0.2, 0.25) is 10.0 Å². The summed E-state index contributed by atoms with van der Waals surface area (Å²) in [6.45, 7) is 0. The highest BCUT2D eigenvalue weighted by atomic mass is 32.2. The number of piperidine rings is 2. The molecule has 0 radical (unpaired) electrons. The molecule has 3 heterocycles. The van der Waals surface area contributed by atoms with Crippen LogP contribution in [-0.4, -0.2) is 48.9 Å². The van der Waals surface area contributed by atoms with E-state index in [4.69, 9.17) is 5.14 Å². The van der Waals surface area contributed by atoms with Crippen molar-refractivity contribution < 1.29 is 13.5 Å². The SMILES string of the molecule is CN(c1ccc(-c2ccc(/C=C/S(N)(=O)=O)cc2O)nn1)C1CC2CCCC(C1)N2. The van der Waals surface area contributed by atoms with E-state index >= 15 is 0 Å². The first kappa shape index (κ1) is 20.8. The van der Waals surface area contributed by atoms with E-state index in [0.717, 1.165) is 24.1 Å². The highest BCUT2D eigenvalue weighted by molar-refractivity contribution is 7.92. The second kappa shape index (κ2) is 8.33. The molecule has 2 saturated heterocycles.